The maximum absolute atomic E-state index is 4.93. The summed E-state index contributed by atoms with van der Waals surface area (Å²) >= 11 is -0.826. The van der Waals surface area contributed by atoms with Crippen LogP contribution < -0.4 is 10.4 Å². The number of halogens is 2. The van der Waals surface area contributed by atoms with Gasteiger partial charge in [0.05, 0.1) is 9.52 Å². The summed E-state index contributed by atoms with van der Waals surface area (Å²) in [4.78, 5) is 0. The Morgan fingerprint density at radius 3 is 2.28 bits per heavy atom. The molecule has 4 heteroatoms. The van der Waals surface area contributed by atoms with Gasteiger partial charge in [0.2, 0.25) is 0 Å². The van der Waals surface area contributed by atoms with Crippen LogP contribution >= 0.6 is 17.0 Å². The van der Waals surface area contributed by atoms with Crippen molar-refractivity contribution in [3.05, 3.63) is 113 Å². The number of hydrogen-bond acceptors (Lipinski definition) is 0. The van der Waals surface area contributed by atoms with E-state index in [1.165, 1.54) is 72.1 Å². The summed E-state index contributed by atoms with van der Waals surface area (Å²) in [5.41, 5.74) is 11.2. The molecule has 1 aliphatic heterocycles. The van der Waals surface area contributed by atoms with E-state index in [-0.39, 0.29) is 0 Å². The molecule has 0 saturated carbocycles. The minimum atomic E-state index is -0.826. The molecule has 39 heavy (non-hydrogen) atoms. The molecule has 2 radical (unpaired) electrons. The van der Waals surface area contributed by atoms with Crippen LogP contribution in [0, 0.1) is 19.9 Å². The van der Waals surface area contributed by atoms with Gasteiger partial charge in [0.25, 0.3) is 0 Å². The number of rotatable bonds is 4. The molecule has 1 heterocycles. The van der Waals surface area contributed by atoms with Crippen molar-refractivity contribution in [2.24, 2.45) is 0 Å². The van der Waals surface area contributed by atoms with E-state index in [1.54, 1.807) is 0 Å². The molecule has 0 aliphatic carbocycles. The molecule has 0 spiro atoms. The van der Waals surface area contributed by atoms with Gasteiger partial charge in [-0.1, -0.05) is 103 Å². The summed E-state index contributed by atoms with van der Waals surface area (Å²) in [6, 6.07) is 34.5. The van der Waals surface area contributed by atoms with Crippen LogP contribution in [0.3, 0.4) is 0 Å². The molecule has 0 amide bonds. The third-order valence-corrected chi connectivity index (χ3v) is 8.40. The summed E-state index contributed by atoms with van der Waals surface area (Å²) in [5.74, 6) is 0.573. The van der Waals surface area contributed by atoms with Gasteiger partial charge in [-0.2, -0.15) is 35.5 Å². The predicted octanol–water partition coefficient (Wildman–Crippen LogP) is 9.42. The van der Waals surface area contributed by atoms with Crippen molar-refractivity contribution in [2.45, 2.75) is 53.4 Å². The van der Waals surface area contributed by atoms with E-state index < -0.39 is 20.8 Å². The summed E-state index contributed by atoms with van der Waals surface area (Å²) in [6.45, 7) is 11.2. The first-order valence-electron chi connectivity index (χ1n) is 13.5. The number of fused-ring (bicyclic) bond motifs is 4. The predicted molar refractivity (Wildman–Crippen MR) is 170 cm³/mol. The normalized spacial score (nSPS) is 11.2. The van der Waals surface area contributed by atoms with Crippen molar-refractivity contribution in [1.29, 1.82) is 0 Å². The minimum absolute atomic E-state index is 0.573. The Hall–Kier alpha value is -1.83. The van der Waals surface area contributed by atoms with Crippen molar-refractivity contribution in [2.75, 3.05) is 0 Å². The Balaban J connectivity index is 0.000000184. The third-order valence-electron chi connectivity index (χ3n) is 7.03. The van der Waals surface area contributed by atoms with Gasteiger partial charge in [-0.3, -0.25) is 0 Å². The van der Waals surface area contributed by atoms with E-state index in [2.05, 4.69) is 120 Å². The molecule has 0 saturated heterocycles. The fraction of sp³-hybridized carbons (Fsp3) is 0.229. The molecule has 0 aromatic heterocycles. The zero-order chi connectivity index (χ0) is 27.9. The fourth-order valence-corrected chi connectivity index (χ4v) is 6.66. The van der Waals surface area contributed by atoms with Gasteiger partial charge >= 0.3 is 37.9 Å². The van der Waals surface area contributed by atoms with Gasteiger partial charge < -0.3 is 0 Å². The summed E-state index contributed by atoms with van der Waals surface area (Å²) in [7, 11) is 10.7. The van der Waals surface area contributed by atoms with Gasteiger partial charge in [-0.05, 0) is 31.7 Å². The van der Waals surface area contributed by atoms with Crippen LogP contribution in [0.25, 0.3) is 33.0 Å². The first kappa shape index (κ1) is 30.1. The Labute approximate surface area is 255 Å². The van der Waals surface area contributed by atoms with Crippen LogP contribution in [0.5, 0.6) is 0 Å². The van der Waals surface area contributed by atoms with Crippen molar-refractivity contribution < 1.29 is 20.8 Å². The van der Waals surface area contributed by atoms with Gasteiger partial charge in [0.15, 0.2) is 0 Å². The molecule has 0 N–H and O–H groups in total. The smallest absolute Gasteiger partial charge is 0.0920 e. The average molecular weight is 645 g/mol. The first-order valence-corrected chi connectivity index (χ1v) is 20.8. The Morgan fingerprint density at radius 1 is 0.897 bits per heavy atom. The van der Waals surface area contributed by atoms with Gasteiger partial charge in [-0.25, -0.2) is 0 Å². The van der Waals surface area contributed by atoms with Gasteiger partial charge in [0.1, 0.15) is 0 Å². The Bertz CT molecular complexity index is 1490. The SMILES string of the molecule is CCCc1ccc2[cH-]c(C(C)C)cc2c1-c1cc(C)cc(C)c1.[Cl][Zr+2][Cl].[c-]1cccc2c1[Si]c1ccccc1-2. The van der Waals surface area contributed by atoms with E-state index in [1.807, 2.05) is 6.07 Å². The first-order chi connectivity index (χ1) is 18.9. The summed E-state index contributed by atoms with van der Waals surface area (Å²) in [5, 5.41) is 5.62. The fourth-order valence-electron chi connectivity index (χ4n) is 5.35. The second kappa shape index (κ2) is 14.2. The van der Waals surface area contributed by atoms with Crippen LogP contribution in [-0.2, 0) is 27.3 Å². The van der Waals surface area contributed by atoms with E-state index in [0.717, 1.165) is 15.9 Å². The maximum atomic E-state index is 4.93. The molecule has 0 atom stereocenters. The van der Waals surface area contributed by atoms with E-state index in [0.29, 0.717) is 5.92 Å². The zero-order valence-electron chi connectivity index (χ0n) is 23.3. The van der Waals surface area contributed by atoms with E-state index >= 15 is 0 Å². The van der Waals surface area contributed by atoms with E-state index in [4.69, 9.17) is 17.0 Å². The molecule has 5 aromatic rings. The molecule has 0 fully saturated rings. The number of benzene rings is 4. The van der Waals surface area contributed by atoms with Crippen molar-refractivity contribution in [1.82, 2.24) is 0 Å². The van der Waals surface area contributed by atoms with E-state index in [9.17, 15) is 0 Å². The second-order valence-corrected chi connectivity index (χ2v) is 15.4. The van der Waals surface area contributed by atoms with Crippen LogP contribution in [0.1, 0.15) is 55.4 Å². The zero-order valence-corrected chi connectivity index (χ0v) is 28.3. The summed E-state index contributed by atoms with van der Waals surface area (Å²) < 4.78 is 0. The monoisotopic (exact) mass is 642 g/mol. The minimum Gasteiger partial charge on any atom is -0.184 e. The number of hydrogen-bond donors (Lipinski definition) is 0. The molecule has 5 aromatic carbocycles. The average Bonchev–Trinajstić information content (AvgIpc) is 3.51. The second-order valence-electron chi connectivity index (χ2n) is 10.4. The molecule has 0 bridgehead atoms. The van der Waals surface area contributed by atoms with Crippen molar-refractivity contribution >= 4 is 47.7 Å². The van der Waals surface area contributed by atoms with Crippen LogP contribution in [0.2, 0.25) is 0 Å². The Morgan fingerprint density at radius 2 is 1.59 bits per heavy atom. The van der Waals surface area contributed by atoms with Gasteiger partial charge in [0, 0.05) is 0 Å². The van der Waals surface area contributed by atoms with Crippen LogP contribution in [0.4, 0.5) is 0 Å². The number of aryl methyl sites for hydroxylation is 3. The third kappa shape index (κ3) is 7.28. The van der Waals surface area contributed by atoms with Crippen molar-refractivity contribution in [3.8, 4) is 22.3 Å². The molecule has 196 valence electrons. The van der Waals surface area contributed by atoms with Gasteiger partial charge in [-0.15, -0.1) is 40.1 Å². The van der Waals surface area contributed by atoms with Crippen molar-refractivity contribution in [3.63, 3.8) is 0 Å². The molecule has 1 aliphatic rings. The van der Waals surface area contributed by atoms with Crippen LogP contribution in [0.15, 0.2) is 84.9 Å². The van der Waals surface area contributed by atoms with Crippen LogP contribution in [-0.4, -0.2) is 9.52 Å². The maximum Gasteiger partial charge on any atom is 0.0920 e. The Kier molecular flexibility index (Phi) is 11.0. The molecule has 6 rings (SSSR count). The molecule has 0 nitrogen and oxygen atoms in total. The largest absolute Gasteiger partial charge is 0.184 e. The molecule has 0 unspecified atom stereocenters. The summed E-state index contributed by atoms with van der Waals surface area (Å²) in [6.07, 6.45) is 2.32. The standard InChI is InChI=1S/C23H27.C12H7Si.2ClH.Zr/c1-6-7-18-8-9-19-13-20(15(2)3)14-22(19)23(18)21-11-16(4)10-17(5)12-21;1-3-7-11-9(5-1)10-6-2-4-8-12(10)13-11;;;/h8-15H,6-7H2,1-5H3;1-7H;2*1H;/q2*-1;;;+4/p-2. The molecular weight excluding hydrogens is 611 g/mol. The molecular formula is C35H34Cl2SiZr. The quantitative estimate of drug-likeness (QED) is 0.133. The topological polar surface area (TPSA) is 0 Å².